The van der Waals surface area contributed by atoms with Crippen LogP contribution in [0.5, 0.6) is 5.75 Å². The average Bonchev–Trinajstić information content (AvgIpc) is 2.45. The molecule has 1 N–H and O–H groups in total. The number of fused-ring (bicyclic) bond motifs is 1. The minimum Gasteiger partial charge on any atom is -0.496 e. The highest BCUT2D eigenvalue weighted by atomic mass is 79.9. The summed E-state index contributed by atoms with van der Waals surface area (Å²) in [5.41, 5.74) is 0.930. The lowest BCUT2D eigenvalue weighted by atomic mass is 9.97. The standard InChI is InChI=1S/C17H20BrNO4/c1-10(20)23-14(17(2,3)18)9-12-15(22-4)11-7-5-6-8-13(11)19-16(12)21/h5-8,14H,9H2,1-4H3,(H,19,21). The number of aromatic amines is 1. The van der Waals surface area contributed by atoms with Gasteiger partial charge < -0.3 is 14.5 Å². The van der Waals surface area contributed by atoms with E-state index in [9.17, 15) is 9.59 Å². The maximum atomic E-state index is 12.5. The Bertz CT molecular complexity index is 776. The van der Waals surface area contributed by atoms with E-state index < -0.39 is 16.4 Å². The largest absolute Gasteiger partial charge is 0.496 e. The van der Waals surface area contributed by atoms with Crippen molar-refractivity contribution in [2.45, 2.75) is 37.6 Å². The van der Waals surface area contributed by atoms with Crippen LogP contribution in [0.25, 0.3) is 10.9 Å². The number of nitrogens with one attached hydrogen (secondary N) is 1. The number of hydrogen-bond acceptors (Lipinski definition) is 4. The summed E-state index contributed by atoms with van der Waals surface area (Å²) in [5, 5.41) is 0.818. The van der Waals surface area contributed by atoms with Gasteiger partial charge in [-0.25, -0.2) is 0 Å². The quantitative estimate of drug-likeness (QED) is 0.637. The number of carbonyl (C=O) groups excluding carboxylic acids is 1. The second-order valence-corrected chi connectivity index (χ2v) is 7.92. The van der Waals surface area contributed by atoms with Gasteiger partial charge in [0, 0.05) is 18.7 Å². The van der Waals surface area contributed by atoms with Crippen molar-refractivity contribution < 1.29 is 14.3 Å². The summed E-state index contributed by atoms with van der Waals surface area (Å²) in [6.45, 7) is 5.14. The number of para-hydroxylation sites is 1. The van der Waals surface area contributed by atoms with Gasteiger partial charge in [-0.3, -0.25) is 9.59 Å². The van der Waals surface area contributed by atoms with Crippen molar-refractivity contribution in [1.82, 2.24) is 4.98 Å². The molecule has 2 aromatic rings. The van der Waals surface area contributed by atoms with Gasteiger partial charge in [-0.1, -0.05) is 28.1 Å². The summed E-state index contributed by atoms with van der Waals surface area (Å²) in [6, 6.07) is 7.43. The monoisotopic (exact) mass is 381 g/mol. The Morgan fingerprint density at radius 2 is 2.00 bits per heavy atom. The molecule has 124 valence electrons. The number of rotatable bonds is 5. The number of H-pyrrole nitrogens is 1. The molecular formula is C17H20BrNO4. The molecule has 0 bridgehead atoms. The van der Waals surface area contributed by atoms with E-state index in [0.29, 0.717) is 16.8 Å². The first-order valence-electron chi connectivity index (χ1n) is 7.28. The fourth-order valence-corrected chi connectivity index (χ4v) is 2.74. The van der Waals surface area contributed by atoms with Crippen molar-refractivity contribution in [2.75, 3.05) is 7.11 Å². The number of esters is 1. The molecule has 0 aliphatic carbocycles. The van der Waals surface area contributed by atoms with E-state index in [-0.39, 0.29) is 12.0 Å². The first-order valence-corrected chi connectivity index (χ1v) is 8.07. The molecule has 0 aliphatic heterocycles. The SMILES string of the molecule is COc1c(CC(OC(C)=O)C(C)(C)Br)c(=O)[nH]c2ccccc12. The normalized spacial score (nSPS) is 12.9. The van der Waals surface area contributed by atoms with Crippen molar-refractivity contribution in [3.63, 3.8) is 0 Å². The van der Waals surface area contributed by atoms with Crippen LogP contribution in [0.4, 0.5) is 0 Å². The smallest absolute Gasteiger partial charge is 0.302 e. The predicted molar refractivity (Wildman–Crippen MR) is 93.4 cm³/mol. The zero-order valence-corrected chi connectivity index (χ0v) is 15.2. The first-order chi connectivity index (χ1) is 10.7. The molecule has 5 nitrogen and oxygen atoms in total. The Labute approximate surface area is 143 Å². The molecule has 1 aromatic heterocycles. The lowest BCUT2D eigenvalue weighted by Gasteiger charge is -2.28. The Morgan fingerprint density at radius 1 is 1.35 bits per heavy atom. The van der Waals surface area contributed by atoms with Crippen LogP contribution >= 0.6 is 15.9 Å². The first kappa shape index (κ1) is 17.5. The molecule has 0 amide bonds. The minimum atomic E-state index is -0.504. The van der Waals surface area contributed by atoms with E-state index in [1.165, 1.54) is 14.0 Å². The van der Waals surface area contributed by atoms with E-state index in [2.05, 4.69) is 20.9 Å². The van der Waals surface area contributed by atoms with Crippen LogP contribution in [-0.4, -0.2) is 28.5 Å². The minimum absolute atomic E-state index is 0.241. The van der Waals surface area contributed by atoms with Gasteiger partial charge in [-0.2, -0.15) is 0 Å². The Hall–Kier alpha value is -1.82. The average molecular weight is 382 g/mol. The third-order valence-electron chi connectivity index (χ3n) is 3.64. The van der Waals surface area contributed by atoms with E-state index in [0.717, 1.165) is 5.39 Å². The number of aromatic nitrogens is 1. The zero-order chi connectivity index (χ0) is 17.2. The van der Waals surface area contributed by atoms with Gasteiger partial charge in [-0.15, -0.1) is 0 Å². The van der Waals surface area contributed by atoms with Crippen LogP contribution < -0.4 is 10.3 Å². The summed E-state index contributed by atoms with van der Waals surface area (Å²) in [6.07, 6.45) is -0.252. The van der Waals surface area contributed by atoms with Crippen molar-refractivity contribution >= 4 is 32.8 Å². The molecule has 0 saturated heterocycles. The Morgan fingerprint density at radius 3 is 2.57 bits per heavy atom. The zero-order valence-electron chi connectivity index (χ0n) is 13.6. The molecule has 1 heterocycles. The van der Waals surface area contributed by atoms with Gasteiger partial charge >= 0.3 is 5.97 Å². The van der Waals surface area contributed by atoms with Crippen LogP contribution in [-0.2, 0) is 16.0 Å². The number of methoxy groups -OCH3 is 1. The highest BCUT2D eigenvalue weighted by Gasteiger charge is 2.32. The molecule has 1 atom stereocenters. The van der Waals surface area contributed by atoms with Crippen molar-refractivity contribution in [3.8, 4) is 5.75 Å². The van der Waals surface area contributed by atoms with Crippen LogP contribution in [0.15, 0.2) is 29.1 Å². The fraction of sp³-hybridized carbons (Fsp3) is 0.412. The number of pyridine rings is 1. The van der Waals surface area contributed by atoms with Gasteiger partial charge in [0.05, 0.1) is 22.5 Å². The maximum absolute atomic E-state index is 12.5. The van der Waals surface area contributed by atoms with Crippen molar-refractivity contribution in [2.24, 2.45) is 0 Å². The summed E-state index contributed by atoms with van der Waals surface area (Å²) in [4.78, 5) is 26.7. The summed E-state index contributed by atoms with van der Waals surface area (Å²) in [5.74, 6) is 0.122. The van der Waals surface area contributed by atoms with Crippen molar-refractivity contribution in [1.29, 1.82) is 0 Å². The highest BCUT2D eigenvalue weighted by molar-refractivity contribution is 9.10. The molecule has 0 radical (unpaired) electrons. The number of alkyl halides is 1. The molecular weight excluding hydrogens is 362 g/mol. The number of halogens is 1. The van der Waals surface area contributed by atoms with E-state index >= 15 is 0 Å². The number of carbonyl (C=O) groups is 1. The van der Waals surface area contributed by atoms with Gasteiger partial charge in [0.2, 0.25) is 0 Å². The van der Waals surface area contributed by atoms with E-state index in [1.54, 1.807) is 0 Å². The summed E-state index contributed by atoms with van der Waals surface area (Å²) in [7, 11) is 1.53. The van der Waals surface area contributed by atoms with Gasteiger partial charge in [0.15, 0.2) is 0 Å². The highest BCUT2D eigenvalue weighted by Crippen LogP contribution is 2.31. The fourth-order valence-electron chi connectivity index (χ4n) is 2.48. The van der Waals surface area contributed by atoms with E-state index in [4.69, 9.17) is 9.47 Å². The molecule has 0 saturated carbocycles. The van der Waals surface area contributed by atoms with Gasteiger partial charge in [-0.05, 0) is 26.0 Å². The van der Waals surface area contributed by atoms with Gasteiger partial charge in [0.1, 0.15) is 11.9 Å². The molecule has 23 heavy (non-hydrogen) atoms. The second kappa shape index (κ2) is 6.74. The van der Waals surface area contributed by atoms with Crippen LogP contribution in [0, 0.1) is 0 Å². The van der Waals surface area contributed by atoms with E-state index in [1.807, 2.05) is 38.1 Å². The Balaban J connectivity index is 2.55. The van der Waals surface area contributed by atoms with Crippen LogP contribution in [0.2, 0.25) is 0 Å². The summed E-state index contributed by atoms with van der Waals surface area (Å²) >= 11 is 3.52. The topological polar surface area (TPSA) is 68.4 Å². The maximum Gasteiger partial charge on any atom is 0.302 e. The molecule has 1 unspecified atom stereocenters. The third kappa shape index (κ3) is 3.93. The molecule has 1 aromatic carbocycles. The van der Waals surface area contributed by atoms with Crippen LogP contribution in [0.3, 0.4) is 0 Å². The summed E-state index contributed by atoms with van der Waals surface area (Å²) < 4.78 is 10.4. The third-order valence-corrected chi connectivity index (χ3v) is 4.15. The molecule has 2 rings (SSSR count). The number of hydrogen-bond donors (Lipinski definition) is 1. The van der Waals surface area contributed by atoms with Crippen molar-refractivity contribution in [3.05, 3.63) is 40.2 Å². The van der Waals surface area contributed by atoms with Gasteiger partial charge in [0.25, 0.3) is 5.56 Å². The second-order valence-electron chi connectivity index (χ2n) is 5.88. The molecule has 0 aliphatic rings. The predicted octanol–water partition coefficient (Wildman–Crippen LogP) is 3.18. The lowest BCUT2D eigenvalue weighted by Crippen LogP contribution is -2.37. The number of ether oxygens (including phenoxy) is 2. The Kier molecular flexibility index (Phi) is 5.14. The molecule has 6 heteroatoms. The van der Waals surface area contributed by atoms with Crippen LogP contribution in [0.1, 0.15) is 26.3 Å². The molecule has 0 fully saturated rings. The molecule has 0 spiro atoms. The lowest BCUT2D eigenvalue weighted by molar-refractivity contribution is -0.147. The number of benzene rings is 1.